The lowest BCUT2D eigenvalue weighted by atomic mass is 9.98. The zero-order valence-electron chi connectivity index (χ0n) is 14.8. The molecule has 0 bridgehead atoms. The van der Waals surface area contributed by atoms with E-state index in [4.69, 9.17) is 14.8 Å². The fourth-order valence-corrected chi connectivity index (χ4v) is 3.33. The maximum atomic E-state index is 12.0. The third-order valence-corrected chi connectivity index (χ3v) is 4.56. The molecule has 1 aliphatic carbocycles. The highest BCUT2D eigenvalue weighted by atomic mass is 16.8. The summed E-state index contributed by atoms with van der Waals surface area (Å²) in [4.78, 5) is 20.7. The highest BCUT2D eigenvalue weighted by Crippen LogP contribution is 2.44. The second-order valence-corrected chi connectivity index (χ2v) is 6.15. The Kier molecular flexibility index (Phi) is 4.81. The van der Waals surface area contributed by atoms with Gasteiger partial charge in [-0.25, -0.2) is 4.79 Å². The van der Waals surface area contributed by atoms with Crippen molar-refractivity contribution >= 4 is 11.9 Å². The normalized spacial score (nSPS) is 12.6. The van der Waals surface area contributed by atoms with E-state index >= 15 is 0 Å². The second-order valence-electron chi connectivity index (χ2n) is 6.15. The van der Waals surface area contributed by atoms with Crippen molar-refractivity contribution in [1.29, 1.82) is 5.26 Å². The van der Waals surface area contributed by atoms with Gasteiger partial charge in [-0.3, -0.25) is 9.82 Å². The van der Waals surface area contributed by atoms with Crippen molar-refractivity contribution in [1.82, 2.24) is 4.98 Å². The van der Waals surface area contributed by atoms with Crippen LogP contribution in [-0.2, 0) is 9.57 Å². The zero-order valence-corrected chi connectivity index (χ0v) is 14.8. The molecule has 3 aromatic rings. The van der Waals surface area contributed by atoms with E-state index in [1.807, 2.05) is 42.5 Å². The van der Waals surface area contributed by atoms with E-state index in [0.29, 0.717) is 5.69 Å². The van der Waals surface area contributed by atoms with Crippen LogP contribution in [0.2, 0.25) is 0 Å². The standard InChI is InChI=1S/C22H15N3O3/c23-13-21(20-11-5-6-12-24-20)25-28-22(26)27-14-19-17-9-3-1-7-15(17)16-8-2-4-10-18(16)19/h1-12,19H,14H2/b25-21-. The van der Waals surface area contributed by atoms with Crippen molar-refractivity contribution in [3.05, 3.63) is 89.7 Å². The van der Waals surface area contributed by atoms with E-state index in [1.165, 1.54) is 6.20 Å². The number of benzene rings is 2. The Morgan fingerprint density at radius 3 is 2.25 bits per heavy atom. The summed E-state index contributed by atoms with van der Waals surface area (Å²) in [5.41, 5.74) is 4.70. The van der Waals surface area contributed by atoms with Crippen LogP contribution in [0.5, 0.6) is 0 Å². The van der Waals surface area contributed by atoms with E-state index in [1.54, 1.807) is 18.2 Å². The number of carbonyl (C=O) groups excluding carboxylic acids is 1. The molecule has 0 unspecified atom stereocenters. The minimum atomic E-state index is -0.967. The molecule has 0 fully saturated rings. The Hall–Kier alpha value is -3.98. The van der Waals surface area contributed by atoms with Crippen LogP contribution >= 0.6 is 0 Å². The first-order chi connectivity index (χ1) is 13.8. The van der Waals surface area contributed by atoms with Gasteiger partial charge in [0.2, 0.25) is 5.71 Å². The van der Waals surface area contributed by atoms with Crippen LogP contribution in [0.15, 0.2) is 78.1 Å². The lowest BCUT2D eigenvalue weighted by molar-refractivity contribution is 0.0556. The third kappa shape index (κ3) is 3.33. The number of aromatic nitrogens is 1. The molecule has 6 nitrogen and oxygen atoms in total. The summed E-state index contributed by atoms with van der Waals surface area (Å²) >= 11 is 0. The fraction of sp³-hybridized carbons (Fsp3) is 0.0909. The van der Waals surface area contributed by atoms with Gasteiger partial charge < -0.3 is 4.74 Å². The Balaban J connectivity index is 1.46. The Morgan fingerprint density at radius 1 is 1.00 bits per heavy atom. The predicted molar refractivity (Wildman–Crippen MR) is 103 cm³/mol. The summed E-state index contributed by atoms with van der Waals surface area (Å²) in [6.07, 6.45) is 0.556. The molecular formula is C22H15N3O3. The molecule has 0 atom stereocenters. The number of pyridine rings is 1. The molecule has 0 saturated heterocycles. The zero-order chi connectivity index (χ0) is 19.3. The number of fused-ring (bicyclic) bond motifs is 3. The molecule has 2 aromatic carbocycles. The van der Waals surface area contributed by atoms with E-state index in [0.717, 1.165) is 22.3 Å². The quantitative estimate of drug-likeness (QED) is 0.297. The van der Waals surface area contributed by atoms with Crippen molar-refractivity contribution in [2.24, 2.45) is 5.16 Å². The smallest absolute Gasteiger partial charge is 0.432 e. The summed E-state index contributed by atoms with van der Waals surface area (Å²) in [6.45, 7) is 0.119. The molecule has 6 heteroatoms. The SMILES string of the molecule is N#C/C(=N/OC(=O)OCC1c2ccccc2-c2ccccc21)c1ccccn1. The monoisotopic (exact) mass is 369 g/mol. The van der Waals surface area contributed by atoms with Crippen molar-refractivity contribution in [2.45, 2.75) is 5.92 Å². The Labute approximate surface area is 161 Å². The lowest BCUT2D eigenvalue weighted by Crippen LogP contribution is -2.13. The second kappa shape index (κ2) is 7.72. The van der Waals surface area contributed by atoms with E-state index < -0.39 is 6.16 Å². The first-order valence-corrected chi connectivity index (χ1v) is 8.69. The largest absolute Gasteiger partial charge is 0.535 e. The number of nitrogens with zero attached hydrogens (tertiary/aromatic N) is 3. The van der Waals surface area contributed by atoms with Gasteiger partial charge in [-0.05, 0) is 34.4 Å². The van der Waals surface area contributed by atoms with E-state index in [2.05, 4.69) is 22.3 Å². The number of nitriles is 1. The molecule has 0 saturated carbocycles. The lowest BCUT2D eigenvalue weighted by Gasteiger charge is -2.13. The summed E-state index contributed by atoms with van der Waals surface area (Å²) in [6, 6.07) is 23.0. The fourth-order valence-electron chi connectivity index (χ4n) is 3.33. The highest BCUT2D eigenvalue weighted by Gasteiger charge is 2.29. The molecule has 28 heavy (non-hydrogen) atoms. The maximum absolute atomic E-state index is 12.0. The summed E-state index contributed by atoms with van der Waals surface area (Å²) < 4.78 is 5.27. The number of carbonyl (C=O) groups is 1. The predicted octanol–water partition coefficient (Wildman–Crippen LogP) is 4.27. The van der Waals surface area contributed by atoms with Crippen molar-refractivity contribution in [3.8, 4) is 17.2 Å². The van der Waals surface area contributed by atoms with Crippen LogP contribution in [0.25, 0.3) is 11.1 Å². The molecule has 0 radical (unpaired) electrons. The summed E-state index contributed by atoms with van der Waals surface area (Å²) in [7, 11) is 0. The van der Waals surface area contributed by atoms with Crippen LogP contribution in [0.1, 0.15) is 22.7 Å². The average Bonchev–Trinajstić information content (AvgIpc) is 3.07. The van der Waals surface area contributed by atoms with Gasteiger partial charge >= 0.3 is 6.16 Å². The summed E-state index contributed by atoms with van der Waals surface area (Å²) in [5, 5.41) is 12.7. The Morgan fingerprint density at radius 2 is 1.64 bits per heavy atom. The molecule has 1 aromatic heterocycles. The molecule has 0 N–H and O–H groups in total. The van der Waals surface area contributed by atoms with Gasteiger partial charge in [-0.2, -0.15) is 5.26 Å². The summed E-state index contributed by atoms with van der Waals surface area (Å²) in [5.74, 6) is -0.0739. The molecule has 4 rings (SSSR count). The highest BCUT2D eigenvalue weighted by molar-refractivity contribution is 6.10. The number of hydrogen-bond acceptors (Lipinski definition) is 6. The number of oxime groups is 1. The van der Waals surface area contributed by atoms with Crippen LogP contribution in [0.4, 0.5) is 4.79 Å². The van der Waals surface area contributed by atoms with Gasteiger partial charge in [0.1, 0.15) is 18.4 Å². The molecular weight excluding hydrogens is 354 g/mol. The van der Waals surface area contributed by atoms with Crippen molar-refractivity contribution < 1.29 is 14.4 Å². The third-order valence-electron chi connectivity index (χ3n) is 4.56. The minimum absolute atomic E-state index is 0.0739. The van der Waals surface area contributed by atoms with E-state index in [-0.39, 0.29) is 18.2 Å². The van der Waals surface area contributed by atoms with Crippen molar-refractivity contribution in [3.63, 3.8) is 0 Å². The van der Waals surface area contributed by atoms with Crippen LogP contribution in [0.3, 0.4) is 0 Å². The molecule has 136 valence electrons. The van der Waals surface area contributed by atoms with Crippen LogP contribution in [0, 0.1) is 11.3 Å². The topological polar surface area (TPSA) is 84.6 Å². The van der Waals surface area contributed by atoms with Gasteiger partial charge in [0.15, 0.2) is 0 Å². The molecule has 1 aliphatic rings. The molecule has 0 spiro atoms. The van der Waals surface area contributed by atoms with Gasteiger partial charge in [-0.1, -0.05) is 59.8 Å². The maximum Gasteiger partial charge on any atom is 0.535 e. The number of rotatable bonds is 4. The van der Waals surface area contributed by atoms with Crippen LogP contribution in [-0.4, -0.2) is 23.5 Å². The first-order valence-electron chi connectivity index (χ1n) is 8.69. The molecule has 0 amide bonds. The van der Waals surface area contributed by atoms with Gasteiger partial charge in [0, 0.05) is 12.1 Å². The van der Waals surface area contributed by atoms with E-state index in [9.17, 15) is 4.79 Å². The van der Waals surface area contributed by atoms with Crippen molar-refractivity contribution in [2.75, 3.05) is 6.61 Å². The Bertz CT molecular complexity index is 1040. The average molecular weight is 369 g/mol. The molecule has 1 heterocycles. The first kappa shape index (κ1) is 17.4. The van der Waals surface area contributed by atoms with Gasteiger partial charge in [-0.15, -0.1) is 0 Å². The number of ether oxygens (including phenoxy) is 1. The van der Waals surface area contributed by atoms with Gasteiger partial charge in [0.05, 0.1) is 0 Å². The van der Waals surface area contributed by atoms with Crippen LogP contribution < -0.4 is 0 Å². The molecule has 0 aliphatic heterocycles. The number of hydrogen-bond donors (Lipinski definition) is 0. The van der Waals surface area contributed by atoms with Gasteiger partial charge in [0.25, 0.3) is 0 Å². The minimum Gasteiger partial charge on any atom is -0.432 e.